The molecule has 1 aromatic rings. The van der Waals surface area contributed by atoms with Crippen LogP contribution in [0.15, 0.2) is 16.7 Å². The van der Waals surface area contributed by atoms with Gasteiger partial charge in [-0.3, -0.25) is 0 Å². The van der Waals surface area contributed by atoms with Crippen LogP contribution in [0.4, 0.5) is 0 Å². The van der Waals surface area contributed by atoms with Gasteiger partial charge in [0.1, 0.15) is 5.76 Å². The van der Waals surface area contributed by atoms with Crippen molar-refractivity contribution < 1.29 is 4.42 Å². The Morgan fingerprint density at radius 3 is 3.36 bits per heavy atom. The van der Waals surface area contributed by atoms with Crippen molar-refractivity contribution in [2.75, 3.05) is 12.3 Å². The molecule has 2 aliphatic heterocycles. The maximum Gasteiger partial charge on any atom is 0.127 e. The van der Waals surface area contributed by atoms with Gasteiger partial charge in [0.2, 0.25) is 0 Å². The molecule has 0 aromatic carbocycles. The van der Waals surface area contributed by atoms with Crippen LogP contribution in [0.1, 0.15) is 24.7 Å². The lowest BCUT2D eigenvalue weighted by atomic mass is 9.87. The molecule has 3 rings (SSSR count). The van der Waals surface area contributed by atoms with Crippen molar-refractivity contribution >= 4 is 11.8 Å². The normalized spacial score (nSPS) is 36.2. The quantitative estimate of drug-likeness (QED) is 0.708. The molecule has 1 fully saturated rings. The van der Waals surface area contributed by atoms with E-state index in [9.17, 15) is 0 Å². The molecule has 2 nitrogen and oxygen atoms in total. The molecule has 0 saturated carbocycles. The van der Waals surface area contributed by atoms with Crippen molar-refractivity contribution in [1.29, 1.82) is 0 Å². The van der Waals surface area contributed by atoms with Gasteiger partial charge in [-0.2, -0.15) is 11.8 Å². The smallest absolute Gasteiger partial charge is 0.127 e. The number of hydrogen-bond donors (Lipinski definition) is 1. The number of thioether (sulfide) groups is 1. The Kier molecular flexibility index (Phi) is 1.92. The number of fused-ring (bicyclic) bond motifs is 2. The minimum Gasteiger partial charge on any atom is -0.467 e. The molecule has 3 heterocycles. The summed E-state index contributed by atoms with van der Waals surface area (Å²) in [6, 6.07) is 2.13. The summed E-state index contributed by atoms with van der Waals surface area (Å²) in [6.45, 7) is 3.40. The maximum atomic E-state index is 5.67. The Bertz CT molecular complexity index is 349. The van der Waals surface area contributed by atoms with Gasteiger partial charge in [0.05, 0.1) is 11.8 Å². The predicted molar refractivity (Wildman–Crippen MR) is 58.6 cm³/mol. The van der Waals surface area contributed by atoms with Crippen LogP contribution in [0.2, 0.25) is 0 Å². The van der Waals surface area contributed by atoms with Crippen LogP contribution < -0.4 is 5.32 Å². The van der Waals surface area contributed by atoms with Crippen molar-refractivity contribution in [2.45, 2.75) is 30.6 Å². The third-order valence-corrected chi connectivity index (χ3v) is 4.68. The van der Waals surface area contributed by atoms with Gasteiger partial charge in [0.15, 0.2) is 0 Å². The fourth-order valence-electron chi connectivity index (χ4n) is 2.64. The van der Waals surface area contributed by atoms with Gasteiger partial charge in [0, 0.05) is 17.5 Å². The fourth-order valence-corrected chi connectivity index (χ4v) is 3.97. The lowest BCUT2D eigenvalue weighted by molar-refractivity contribution is 0.276. The van der Waals surface area contributed by atoms with Gasteiger partial charge in [-0.25, -0.2) is 0 Å². The third kappa shape index (κ3) is 1.15. The number of furan rings is 1. The van der Waals surface area contributed by atoms with Gasteiger partial charge in [-0.15, -0.1) is 0 Å². The maximum absolute atomic E-state index is 5.67. The van der Waals surface area contributed by atoms with E-state index in [0.717, 1.165) is 24.0 Å². The molecule has 0 aliphatic carbocycles. The Balaban J connectivity index is 2.03. The second-order valence-electron chi connectivity index (χ2n) is 4.36. The minimum atomic E-state index is 0.154. The Labute approximate surface area is 88.4 Å². The minimum absolute atomic E-state index is 0.154. The molecule has 0 bridgehead atoms. The van der Waals surface area contributed by atoms with Gasteiger partial charge in [0.25, 0.3) is 0 Å². The highest BCUT2D eigenvalue weighted by Gasteiger charge is 2.44. The molecule has 3 heteroatoms. The molecule has 1 spiro atoms. The summed E-state index contributed by atoms with van der Waals surface area (Å²) in [5.74, 6) is 2.37. The van der Waals surface area contributed by atoms with Crippen molar-refractivity contribution in [3.63, 3.8) is 0 Å². The van der Waals surface area contributed by atoms with Crippen LogP contribution in [0.3, 0.4) is 0 Å². The summed E-state index contributed by atoms with van der Waals surface area (Å²) in [5.41, 5.74) is 1.57. The Morgan fingerprint density at radius 1 is 1.64 bits per heavy atom. The molecule has 2 atom stereocenters. The van der Waals surface area contributed by atoms with Crippen LogP contribution in [-0.2, 0) is 12.0 Å². The van der Waals surface area contributed by atoms with Crippen molar-refractivity contribution in [1.82, 2.24) is 5.32 Å². The first-order valence-electron chi connectivity index (χ1n) is 5.24. The van der Waals surface area contributed by atoms with E-state index in [4.69, 9.17) is 4.42 Å². The fraction of sp³-hybridized carbons (Fsp3) is 0.636. The molecular weight excluding hydrogens is 194 g/mol. The molecule has 1 N–H and O–H groups in total. The SMILES string of the molecule is CC1CC2(CS1)NCCc1ccoc12. The van der Waals surface area contributed by atoms with Crippen LogP contribution in [0.25, 0.3) is 0 Å². The topological polar surface area (TPSA) is 25.2 Å². The standard InChI is InChI=1S/C11H15NOS/c1-8-6-11(7-14-8)10-9(2-4-12-11)3-5-13-10/h3,5,8,12H,2,4,6-7H2,1H3. The summed E-state index contributed by atoms with van der Waals surface area (Å²) in [5, 5.41) is 4.40. The van der Waals surface area contributed by atoms with Gasteiger partial charge >= 0.3 is 0 Å². The highest BCUT2D eigenvalue weighted by Crippen LogP contribution is 2.44. The van der Waals surface area contributed by atoms with Gasteiger partial charge in [-0.05, 0) is 24.5 Å². The summed E-state index contributed by atoms with van der Waals surface area (Å²) >= 11 is 2.05. The predicted octanol–water partition coefficient (Wildman–Crippen LogP) is 2.15. The van der Waals surface area contributed by atoms with E-state index in [1.54, 1.807) is 0 Å². The van der Waals surface area contributed by atoms with Gasteiger partial charge in [-0.1, -0.05) is 6.92 Å². The summed E-state index contributed by atoms with van der Waals surface area (Å²) in [4.78, 5) is 0. The first-order valence-corrected chi connectivity index (χ1v) is 6.28. The zero-order chi connectivity index (χ0) is 9.60. The molecule has 76 valence electrons. The van der Waals surface area contributed by atoms with E-state index in [1.165, 1.54) is 17.7 Å². The number of hydrogen-bond acceptors (Lipinski definition) is 3. The first kappa shape index (κ1) is 8.86. The van der Waals surface area contributed by atoms with Crippen LogP contribution in [0, 0.1) is 0 Å². The van der Waals surface area contributed by atoms with Crippen LogP contribution in [0.5, 0.6) is 0 Å². The summed E-state index contributed by atoms with van der Waals surface area (Å²) in [7, 11) is 0. The average molecular weight is 209 g/mol. The van der Waals surface area contributed by atoms with Crippen LogP contribution >= 0.6 is 11.8 Å². The molecule has 1 saturated heterocycles. The first-order chi connectivity index (χ1) is 6.80. The van der Waals surface area contributed by atoms with Gasteiger partial charge < -0.3 is 9.73 Å². The second-order valence-corrected chi connectivity index (χ2v) is 5.79. The number of nitrogens with one attached hydrogen (secondary N) is 1. The Hall–Kier alpha value is -0.410. The second kappa shape index (κ2) is 3.04. The molecule has 2 aliphatic rings. The lowest BCUT2D eigenvalue weighted by Crippen LogP contribution is -2.47. The Morgan fingerprint density at radius 2 is 2.57 bits per heavy atom. The third-order valence-electron chi connectivity index (χ3n) is 3.29. The summed E-state index contributed by atoms with van der Waals surface area (Å²) in [6.07, 6.45) is 4.16. The van der Waals surface area contributed by atoms with E-state index in [-0.39, 0.29) is 5.54 Å². The van der Waals surface area contributed by atoms with Crippen LogP contribution in [-0.4, -0.2) is 17.5 Å². The zero-order valence-corrected chi connectivity index (χ0v) is 9.19. The number of rotatable bonds is 0. The van der Waals surface area contributed by atoms with E-state index in [2.05, 4.69) is 18.3 Å². The monoisotopic (exact) mass is 209 g/mol. The van der Waals surface area contributed by atoms with E-state index >= 15 is 0 Å². The van der Waals surface area contributed by atoms with E-state index < -0.39 is 0 Å². The zero-order valence-electron chi connectivity index (χ0n) is 8.38. The molecule has 0 radical (unpaired) electrons. The molecule has 2 unspecified atom stereocenters. The average Bonchev–Trinajstić information content (AvgIpc) is 2.75. The summed E-state index contributed by atoms with van der Waals surface area (Å²) < 4.78 is 5.67. The lowest BCUT2D eigenvalue weighted by Gasteiger charge is -2.32. The molecule has 1 aromatic heterocycles. The molecular formula is C11H15NOS. The van der Waals surface area contributed by atoms with Crippen molar-refractivity contribution in [3.05, 3.63) is 23.7 Å². The van der Waals surface area contributed by atoms with Crippen molar-refractivity contribution in [2.24, 2.45) is 0 Å². The molecule has 0 amide bonds. The highest BCUT2D eigenvalue weighted by molar-refractivity contribution is 8.00. The van der Waals surface area contributed by atoms with E-state index in [1.807, 2.05) is 18.0 Å². The molecule has 14 heavy (non-hydrogen) atoms. The van der Waals surface area contributed by atoms with Crippen molar-refractivity contribution in [3.8, 4) is 0 Å². The van der Waals surface area contributed by atoms with E-state index in [0.29, 0.717) is 0 Å². The highest BCUT2D eigenvalue weighted by atomic mass is 32.2. The largest absolute Gasteiger partial charge is 0.467 e.